The second-order valence-electron chi connectivity index (χ2n) is 7.87. The van der Waals surface area contributed by atoms with Crippen molar-refractivity contribution < 1.29 is 9.59 Å². The van der Waals surface area contributed by atoms with Gasteiger partial charge in [0, 0.05) is 49.5 Å². The minimum absolute atomic E-state index is 0.0101. The quantitative estimate of drug-likeness (QED) is 0.851. The van der Waals surface area contributed by atoms with Gasteiger partial charge in [0.25, 0.3) is 5.91 Å². The Kier molecular flexibility index (Phi) is 5.50. The number of thiophene rings is 1. The van der Waals surface area contributed by atoms with Crippen molar-refractivity contribution in [3.8, 4) is 0 Å². The molecule has 2 atom stereocenters. The minimum Gasteiger partial charge on any atom is -0.347 e. The molecule has 2 aliphatic rings. The molecule has 150 valence electrons. The molecule has 1 saturated heterocycles. The van der Waals surface area contributed by atoms with Crippen molar-refractivity contribution in [2.75, 3.05) is 26.7 Å². The molecule has 0 aliphatic carbocycles. The molecular weight excluding hydrogens is 374 g/mol. The summed E-state index contributed by atoms with van der Waals surface area (Å²) in [6.45, 7) is 5.63. The topological polar surface area (TPSA) is 70.5 Å². The predicted octanol–water partition coefficient (Wildman–Crippen LogP) is 1.74. The lowest BCUT2D eigenvalue weighted by Crippen LogP contribution is -2.44. The van der Waals surface area contributed by atoms with Gasteiger partial charge in [0.1, 0.15) is 5.82 Å². The highest BCUT2D eigenvalue weighted by Crippen LogP contribution is 2.22. The van der Waals surface area contributed by atoms with E-state index in [4.69, 9.17) is 0 Å². The smallest absolute Gasteiger partial charge is 0.261 e. The molecule has 8 heteroatoms. The summed E-state index contributed by atoms with van der Waals surface area (Å²) in [5.74, 6) is 1.13. The molecule has 2 aromatic heterocycles. The normalized spacial score (nSPS) is 23.1. The number of fused-ring (bicyclic) bond motifs is 1. The molecule has 1 N–H and O–H groups in total. The number of likely N-dealkylation sites (tertiary alicyclic amines) is 1. The van der Waals surface area contributed by atoms with E-state index in [1.807, 2.05) is 37.2 Å². The van der Waals surface area contributed by atoms with Crippen LogP contribution in [-0.4, -0.2) is 63.9 Å². The van der Waals surface area contributed by atoms with Crippen molar-refractivity contribution in [3.05, 3.63) is 40.1 Å². The van der Waals surface area contributed by atoms with Crippen LogP contribution in [0.5, 0.6) is 0 Å². The third-order valence-electron chi connectivity index (χ3n) is 5.63. The zero-order chi connectivity index (χ0) is 19.7. The van der Waals surface area contributed by atoms with Gasteiger partial charge >= 0.3 is 0 Å². The number of imidazole rings is 1. The summed E-state index contributed by atoms with van der Waals surface area (Å²) in [5.41, 5.74) is 0. The van der Waals surface area contributed by atoms with E-state index in [9.17, 15) is 9.59 Å². The minimum atomic E-state index is -0.0302. The van der Waals surface area contributed by atoms with Gasteiger partial charge in [0.05, 0.1) is 17.3 Å². The van der Waals surface area contributed by atoms with Crippen LogP contribution in [0.1, 0.15) is 33.2 Å². The van der Waals surface area contributed by atoms with Crippen LogP contribution in [0.15, 0.2) is 24.5 Å². The molecule has 2 aliphatic heterocycles. The van der Waals surface area contributed by atoms with Crippen LogP contribution < -0.4 is 5.32 Å². The number of hydrogen-bond donors (Lipinski definition) is 1. The maximum Gasteiger partial charge on any atom is 0.261 e. The summed E-state index contributed by atoms with van der Waals surface area (Å²) in [4.78, 5) is 36.0. The van der Waals surface area contributed by atoms with E-state index >= 15 is 0 Å². The predicted molar refractivity (Wildman–Crippen MR) is 108 cm³/mol. The van der Waals surface area contributed by atoms with Crippen molar-refractivity contribution in [1.29, 1.82) is 0 Å². The molecule has 2 amide bonds. The van der Waals surface area contributed by atoms with Gasteiger partial charge in [-0.25, -0.2) is 4.98 Å². The van der Waals surface area contributed by atoms with Gasteiger partial charge in [-0.15, -0.1) is 11.3 Å². The van der Waals surface area contributed by atoms with E-state index < -0.39 is 0 Å². The number of amides is 2. The van der Waals surface area contributed by atoms with Crippen molar-refractivity contribution in [2.45, 2.75) is 38.9 Å². The van der Waals surface area contributed by atoms with E-state index in [-0.39, 0.29) is 23.8 Å². The van der Waals surface area contributed by atoms with E-state index in [0.29, 0.717) is 6.54 Å². The summed E-state index contributed by atoms with van der Waals surface area (Å²) < 4.78 is 2.11. The van der Waals surface area contributed by atoms with E-state index in [1.54, 1.807) is 6.20 Å². The third kappa shape index (κ3) is 4.12. The van der Waals surface area contributed by atoms with E-state index in [0.717, 1.165) is 54.6 Å². The Balaban J connectivity index is 1.36. The summed E-state index contributed by atoms with van der Waals surface area (Å²) in [5, 5.41) is 3.16. The zero-order valence-corrected chi connectivity index (χ0v) is 17.2. The van der Waals surface area contributed by atoms with Crippen molar-refractivity contribution >= 4 is 23.2 Å². The standard InChI is InChI=1S/C20H27N5O2S/c1-14-3-6-17(28-14)19(26)22-16-5-4-15(11-23(2)12-16)20(27)25-10-9-24-8-7-21-18(24)13-25/h3,6-8,15-16H,4-5,9-13H2,1-2H3,(H,22,26)/t15-,16+/m1/s1. The molecule has 7 nitrogen and oxygen atoms in total. The van der Waals surface area contributed by atoms with Crippen LogP contribution in [0.25, 0.3) is 0 Å². The Hall–Kier alpha value is -2.19. The molecule has 4 rings (SSSR count). The number of rotatable bonds is 3. The maximum atomic E-state index is 13.1. The fourth-order valence-electron chi connectivity index (χ4n) is 4.16. The van der Waals surface area contributed by atoms with E-state index in [1.165, 1.54) is 11.3 Å². The summed E-state index contributed by atoms with van der Waals surface area (Å²) in [7, 11) is 2.03. The molecule has 4 heterocycles. The summed E-state index contributed by atoms with van der Waals surface area (Å²) in [6, 6.07) is 3.91. The Morgan fingerprint density at radius 1 is 1.21 bits per heavy atom. The molecule has 0 bridgehead atoms. The number of likely N-dealkylation sites (N-methyl/N-ethyl adjacent to an activating group) is 1. The highest BCUT2D eigenvalue weighted by molar-refractivity contribution is 7.13. The third-order valence-corrected chi connectivity index (χ3v) is 6.63. The van der Waals surface area contributed by atoms with Crippen LogP contribution in [0.4, 0.5) is 0 Å². The number of aryl methyl sites for hydroxylation is 1. The Morgan fingerprint density at radius 2 is 2.07 bits per heavy atom. The fourth-order valence-corrected chi connectivity index (χ4v) is 4.93. The van der Waals surface area contributed by atoms with E-state index in [2.05, 4.69) is 19.8 Å². The van der Waals surface area contributed by atoms with Gasteiger partial charge in [-0.3, -0.25) is 9.59 Å². The fraction of sp³-hybridized carbons (Fsp3) is 0.550. The van der Waals surface area contributed by atoms with Crippen LogP contribution in [0.3, 0.4) is 0 Å². The molecule has 1 fully saturated rings. The number of nitrogens with zero attached hydrogens (tertiary/aromatic N) is 4. The summed E-state index contributed by atoms with van der Waals surface area (Å²) >= 11 is 1.52. The molecule has 0 radical (unpaired) electrons. The van der Waals surface area contributed by atoms with Gasteiger partial charge in [-0.1, -0.05) is 0 Å². The molecule has 0 spiro atoms. The average molecular weight is 402 g/mol. The number of aromatic nitrogens is 2. The van der Waals surface area contributed by atoms with Crippen molar-refractivity contribution in [2.24, 2.45) is 5.92 Å². The SMILES string of the molecule is Cc1ccc(C(=O)N[C@H]2CC[C@@H](C(=O)N3CCn4ccnc4C3)CN(C)C2)s1. The molecule has 0 aromatic carbocycles. The van der Waals surface area contributed by atoms with Crippen LogP contribution in [-0.2, 0) is 17.9 Å². The van der Waals surface area contributed by atoms with Crippen molar-refractivity contribution in [3.63, 3.8) is 0 Å². The first-order chi connectivity index (χ1) is 13.5. The van der Waals surface area contributed by atoms with Gasteiger partial charge in [-0.05, 0) is 38.9 Å². The molecule has 0 saturated carbocycles. The van der Waals surface area contributed by atoms with Gasteiger partial charge in [0.2, 0.25) is 5.91 Å². The first-order valence-corrected chi connectivity index (χ1v) is 10.7. The van der Waals surface area contributed by atoms with Gasteiger partial charge in [-0.2, -0.15) is 0 Å². The maximum absolute atomic E-state index is 13.1. The highest BCUT2D eigenvalue weighted by atomic mass is 32.1. The monoisotopic (exact) mass is 401 g/mol. The Bertz CT molecular complexity index is 860. The average Bonchev–Trinajstić information content (AvgIpc) is 3.28. The van der Waals surface area contributed by atoms with Crippen LogP contribution in [0, 0.1) is 12.8 Å². The number of carbonyl (C=O) groups is 2. The zero-order valence-electron chi connectivity index (χ0n) is 16.4. The summed E-state index contributed by atoms with van der Waals surface area (Å²) in [6.07, 6.45) is 5.38. The lowest BCUT2D eigenvalue weighted by molar-refractivity contribution is -0.137. The first kappa shape index (κ1) is 19.1. The first-order valence-electron chi connectivity index (χ1n) is 9.84. The van der Waals surface area contributed by atoms with Crippen molar-refractivity contribution in [1.82, 2.24) is 24.7 Å². The Labute approximate surface area is 169 Å². The highest BCUT2D eigenvalue weighted by Gasteiger charge is 2.32. The lowest BCUT2D eigenvalue weighted by Gasteiger charge is -2.31. The van der Waals surface area contributed by atoms with Gasteiger partial charge < -0.3 is 19.7 Å². The lowest BCUT2D eigenvalue weighted by atomic mass is 10.00. The number of hydrogen-bond acceptors (Lipinski definition) is 5. The molecule has 2 aromatic rings. The van der Waals surface area contributed by atoms with Gasteiger partial charge in [0.15, 0.2) is 0 Å². The second-order valence-corrected chi connectivity index (χ2v) is 9.16. The largest absolute Gasteiger partial charge is 0.347 e. The number of carbonyl (C=O) groups excluding carboxylic acids is 2. The number of nitrogens with one attached hydrogen (secondary N) is 1. The van der Waals surface area contributed by atoms with Crippen LogP contribution >= 0.6 is 11.3 Å². The molecular formula is C20H27N5O2S. The van der Waals surface area contributed by atoms with Crippen LogP contribution in [0.2, 0.25) is 0 Å². The second kappa shape index (κ2) is 8.05. The Morgan fingerprint density at radius 3 is 2.86 bits per heavy atom. The molecule has 28 heavy (non-hydrogen) atoms. The molecule has 0 unspecified atom stereocenters.